The van der Waals surface area contributed by atoms with Gasteiger partial charge in [0.1, 0.15) is 0 Å². The van der Waals surface area contributed by atoms with Gasteiger partial charge in [-0.25, -0.2) is 4.79 Å². The standard InChI is InChI=1S/C29H41N3O5/c1-6-37-27(33)20-29(3,4)22-9-12-26(32(15-18-35-5)24-13-16-36-17-14-24)25(19-22)31-28(34)30-23-10-7-21(2)8-11-23/h7-12,19,24H,6,13-18,20H2,1-5H3,(H2,30,31,34). The molecule has 8 heteroatoms. The fourth-order valence-corrected chi connectivity index (χ4v) is 4.59. The summed E-state index contributed by atoms with van der Waals surface area (Å²) in [5.41, 5.74) is 3.89. The van der Waals surface area contributed by atoms with Gasteiger partial charge in [0, 0.05) is 44.0 Å². The van der Waals surface area contributed by atoms with E-state index in [0.29, 0.717) is 44.3 Å². The normalized spacial score (nSPS) is 14.2. The van der Waals surface area contributed by atoms with Crippen LogP contribution < -0.4 is 15.5 Å². The first kappa shape index (κ1) is 28.5. The highest BCUT2D eigenvalue weighted by Crippen LogP contribution is 2.36. The highest BCUT2D eigenvalue weighted by Gasteiger charge is 2.29. The van der Waals surface area contributed by atoms with Crippen LogP contribution in [-0.2, 0) is 24.4 Å². The number of esters is 1. The quantitative estimate of drug-likeness (QED) is 0.387. The molecule has 2 N–H and O–H groups in total. The van der Waals surface area contributed by atoms with Crippen molar-refractivity contribution in [2.75, 3.05) is 55.6 Å². The summed E-state index contributed by atoms with van der Waals surface area (Å²) in [5, 5.41) is 6.01. The number of benzene rings is 2. The maximum absolute atomic E-state index is 13.1. The van der Waals surface area contributed by atoms with Gasteiger partial charge >= 0.3 is 12.0 Å². The van der Waals surface area contributed by atoms with E-state index in [4.69, 9.17) is 14.2 Å². The Morgan fingerprint density at radius 1 is 1.08 bits per heavy atom. The van der Waals surface area contributed by atoms with Gasteiger partial charge < -0.3 is 29.7 Å². The van der Waals surface area contributed by atoms with Gasteiger partial charge in [-0.15, -0.1) is 0 Å². The van der Waals surface area contributed by atoms with Crippen molar-refractivity contribution < 1.29 is 23.8 Å². The van der Waals surface area contributed by atoms with Crippen LogP contribution in [0.2, 0.25) is 0 Å². The molecule has 1 saturated heterocycles. The SMILES string of the molecule is CCOC(=O)CC(C)(C)c1ccc(N(CCOC)C2CCOCC2)c(NC(=O)Nc2ccc(C)cc2)c1. The first-order chi connectivity index (χ1) is 17.7. The predicted octanol–water partition coefficient (Wildman–Crippen LogP) is 5.50. The Morgan fingerprint density at radius 2 is 1.78 bits per heavy atom. The largest absolute Gasteiger partial charge is 0.466 e. The van der Waals surface area contributed by atoms with Crippen LogP contribution in [0.25, 0.3) is 0 Å². The van der Waals surface area contributed by atoms with Gasteiger partial charge in [-0.3, -0.25) is 4.79 Å². The summed E-state index contributed by atoms with van der Waals surface area (Å²) in [7, 11) is 1.69. The summed E-state index contributed by atoms with van der Waals surface area (Å²) in [4.78, 5) is 27.7. The van der Waals surface area contributed by atoms with E-state index >= 15 is 0 Å². The van der Waals surface area contributed by atoms with E-state index in [1.54, 1.807) is 14.0 Å². The number of methoxy groups -OCH3 is 1. The van der Waals surface area contributed by atoms with E-state index in [9.17, 15) is 9.59 Å². The van der Waals surface area contributed by atoms with Gasteiger partial charge in [-0.2, -0.15) is 0 Å². The number of hydrogen-bond donors (Lipinski definition) is 2. The molecular formula is C29H41N3O5. The smallest absolute Gasteiger partial charge is 0.323 e. The van der Waals surface area contributed by atoms with Crippen LogP contribution in [0.3, 0.4) is 0 Å². The second kappa shape index (κ2) is 13.4. The Morgan fingerprint density at radius 3 is 2.43 bits per heavy atom. The molecule has 8 nitrogen and oxygen atoms in total. The first-order valence-corrected chi connectivity index (χ1v) is 13.0. The number of anilines is 3. The Labute approximate surface area is 220 Å². The van der Waals surface area contributed by atoms with Crippen molar-refractivity contribution in [3.8, 4) is 0 Å². The second-order valence-corrected chi connectivity index (χ2v) is 10.1. The predicted molar refractivity (Wildman–Crippen MR) is 148 cm³/mol. The van der Waals surface area contributed by atoms with Crippen LogP contribution in [0.1, 0.15) is 51.2 Å². The van der Waals surface area contributed by atoms with Gasteiger partial charge in [-0.1, -0.05) is 37.6 Å². The molecule has 0 unspecified atom stereocenters. The fourth-order valence-electron chi connectivity index (χ4n) is 4.59. The van der Waals surface area contributed by atoms with Crippen molar-refractivity contribution in [1.29, 1.82) is 0 Å². The van der Waals surface area contributed by atoms with Crippen LogP contribution in [-0.4, -0.2) is 58.1 Å². The van der Waals surface area contributed by atoms with Gasteiger partial charge in [0.05, 0.1) is 31.0 Å². The third-order valence-electron chi connectivity index (χ3n) is 6.70. The van der Waals surface area contributed by atoms with E-state index in [2.05, 4.69) is 15.5 Å². The van der Waals surface area contributed by atoms with Gasteiger partial charge in [0.2, 0.25) is 0 Å². The number of nitrogens with zero attached hydrogens (tertiary/aromatic N) is 1. The monoisotopic (exact) mass is 511 g/mol. The zero-order chi connectivity index (χ0) is 26.8. The second-order valence-electron chi connectivity index (χ2n) is 10.1. The number of rotatable bonds is 11. The van der Waals surface area contributed by atoms with Crippen molar-refractivity contribution in [2.45, 2.75) is 58.4 Å². The average Bonchev–Trinajstić information content (AvgIpc) is 2.86. The van der Waals surface area contributed by atoms with E-state index in [0.717, 1.165) is 29.7 Å². The third kappa shape index (κ3) is 8.20. The molecule has 0 aromatic heterocycles. The number of carbonyl (C=O) groups is 2. The summed E-state index contributed by atoms with van der Waals surface area (Å²) in [6.45, 7) is 10.8. The topological polar surface area (TPSA) is 89.1 Å². The highest BCUT2D eigenvalue weighted by molar-refractivity contribution is 6.02. The number of amides is 2. The van der Waals surface area contributed by atoms with Crippen molar-refractivity contribution in [3.63, 3.8) is 0 Å². The van der Waals surface area contributed by atoms with E-state index < -0.39 is 5.41 Å². The molecule has 2 aromatic rings. The Balaban J connectivity index is 1.95. The zero-order valence-corrected chi connectivity index (χ0v) is 22.8. The van der Waals surface area contributed by atoms with Gasteiger partial charge in [0.25, 0.3) is 0 Å². The Bertz CT molecular complexity index is 1030. The highest BCUT2D eigenvalue weighted by atomic mass is 16.5. The van der Waals surface area contributed by atoms with E-state index in [-0.39, 0.29) is 24.5 Å². The van der Waals surface area contributed by atoms with E-state index in [1.165, 1.54) is 0 Å². The number of ether oxygens (including phenoxy) is 3. The maximum Gasteiger partial charge on any atom is 0.323 e. The molecule has 0 spiro atoms. The molecule has 1 fully saturated rings. The Hall–Kier alpha value is -3.10. The number of nitrogens with one attached hydrogen (secondary N) is 2. The minimum atomic E-state index is -0.481. The summed E-state index contributed by atoms with van der Waals surface area (Å²) >= 11 is 0. The lowest BCUT2D eigenvalue weighted by Gasteiger charge is -2.37. The molecule has 0 radical (unpaired) electrons. The van der Waals surface area contributed by atoms with Crippen molar-refractivity contribution in [3.05, 3.63) is 53.6 Å². The zero-order valence-electron chi connectivity index (χ0n) is 22.8. The summed E-state index contributed by atoms with van der Waals surface area (Å²) in [5.74, 6) is -0.243. The summed E-state index contributed by atoms with van der Waals surface area (Å²) in [6.07, 6.45) is 2.03. The fraction of sp³-hybridized carbons (Fsp3) is 0.517. The minimum absolute atomic E-state index is 0.239. The van der Waals surface area contributed by atoms with Crippen molar-refractivity contribution in [2.24, 2.45) is 0 Å². The van der Waals surface area contributed by atoms with Crippen LogP contribution >= 0.6 is 0 Å². The number of urea groups is 1. The van der Waals surface area contributed by atoms with Crippen LogP contribution in [0.4, 0.5) is 21.9 Å². The van der Waals surface area contributed by atoms with Gasteiger partial charge in [-0.05, 0) is 56.5 Å². The molecule has 1 aliphatic heterocycles. The van der Waals surface area contributed by atoms with Crippen LogP contribution in [0.15, 0.2) is 42.5 Å². The molecule has 1 aliphatic rings. The molecule has 202 valence electrons. The first-order valence-electron chi connectivity index (χ1n) is 13.0. The average molecular weight is 512 g/mol. The minimum Gasteiger partial charge on any atom is -0.466 e. The lowest BCUT2D eigenvalue weighted by molar-refractivity contribution is -0.144. The number of carbonyl (C=O) groups excluding carboxylic acids is 2. The lowest BCUT2D eigenvalue weighted by atomic mass is 9.81. The molecule has 1 heterocycles. The molecule has 37 heavy (non-hydrogen) atoms. The lowest BCUT2D eigenvalue weighted by Crippen LogP contribution is -2.42. The summed E-state index contributed by atoms with van der Waals surface area (Å²) < 4.78 is 16.2. The third-order valence-corrected chi connectivity index (χ3v) is 6.70. The molecule has 0 bridgehead atoms. The molecule has 2 aromatic carbocycles. The number of hydrogen-bond acceptors (Lipinski definition) is 6. The van der Waals surface area contributed by atoms with Gasteiger partial charge in [0.15, 0.2) is 0 Å². The maximum atomic E-state index is 13.1. The Kier molecular flexibility index (Phi) is 10.3. The van der Waals surface area contributed by atoms with Crippen LogP contribution in [0, 0.1) is 6.92 Å². The molecule has 0 atom stereocenters. The van der Waals surface area contributed by atoms with Crippen molar-refractivity contribution in [1.82, 2.24) is 0 Å². The summed E-state index contributed by atoms with van der Waals surface area (Å²) in [6, 6.07) is 13.7. The molecule has 2 amide bonds. The molecule has 3 rings (SSSR count). The number of aryl methyl sites for hydroxylation is 1. The molecular weight excluding hydrogens is 470 g/mol. The van der Waals surface area contributed by atoms with Crippen LogP contribution in [0.5, 0.6) is 0 Å². The molecule has 0 saturated carbocycles. The molecule has 0 aliphatic carbocycles. The van der Waals surface area contributed by atoms with Crippen molar-refractivity contribution >= 4 is 29.1 Å². The van der Waals surface area contributed by atoms with E-state index in [1.807, 2.05) is 63.2 Å².